The fourth-order valence-corrected chi connectivity index (χ4v) is 3.20. The van der Waals surface area contributed by atoms with Crippen molar-refractivity contribution in [3.8, 4) is 5.75 Å². The number of carbonyl (C=O) groups excluding carboxylic acids is 1. The molecule has 0 saturated carbocycles. The molecule has 0 saturated heterocycles. The number of aryl methyl sites for hydroxylation is 3. The van der Waals surface area contributed by atoms with Crippen LogP contribution in [0.5, 0.6) is 5.75 Å². The molecule has 0 aliphatic rings. The number of ether oxygens (including phenoxy) is 1. The number of urea groups is 1. The van der Waals surface area contributed by atoms with Gasteiger partial charge in [-0.2, -0.15) is 0 Å². The summed E-state index contributed by atoms with van der Waals surface area (Å²) in [6.07, 6.45) is 3.55. The van der Waals surface area contributed by atoms with Gasteiger partial charge in [0.05, 0.1) is 6.54 Å². The molecule has 1 atom stereocenters. The van der Waals surface area contributed by atoms with Gasteiger partial charge < -0.3 is 19.9 Å². The van der Waals surface area contributed by atoms with Gasteiger partial charge in [-0.05, 0) is 43.2 Å². The third-order valence-electron chi connectivity index (χ3n) is 4.57. The van der Waals surface area contributed by atoms with Gasteiger partial charge in [-0.15, -0.1) is 0 Å². The Morgan fingerprint density at radius 2 is 1.97 bits per heavy atom. The van der Waals surface area contributed by atoms with Crippen LogP contribution in [0, 0.1) is 13.8 Å². The van der Waals surface area contributed by atoms with E-state index in [1.165, 1.54) is 5.56 Å². The standard InChI is InChI=1S/C22H25ClN4O2/c1-15-4-9-19(16(2)14-15)29-13-11-25-22(28)26-20(21-24-10-12-27(21)3)17-5-7-18(23)8-6-17/h4-10,12,14,20H,11,13H2,1-3H3,(H2,25,26,28). The van der Waals surface area contributed by atoms with E-state index >= 15 is 0 Å². The van der Waals surface area contributed by atoms with E-state index in [0.717, 1.165) is 22.7 Å². The van der Waals surface area contributed by atoms with Gasteiger partial charge in [0.1, 0.15) is 24.2 Å². The summed E-state index contributed by atoms with van der Waals surface area (Å²) in [5.74, 6) is 1.55. The van der Waals surface area contributed by atoms with Crippen molar-refractivity contribution in [1.82, 2.24) is 20.2 Å². The molecule has 2 amide bonds. The van der Waals surface area contributed by atoms with Crippen LogP contribution in [0.15, 0.2) is 54.9 Å². The molecular formula is C22H25ClN4O2. The number of nitrogens with one attached hydrogen (secondary N) is 2. The monoisotopic (exact) mass is 412 g/mol. The molecule has 0 radical (unpaired) electrons. The predicted octanol–water partition coefficient (Wildman–Crippen LogP) is 4.16. The molecule has 0 fully saturated rings. The summed E-state index contributed by atoms with van der Waals surface area (Å²) in [5.41, 5.74) is 3.16. The number of rotatable bonds is 7. The highest BCUT2D eigenvalue weighted by molar-refractivity contribution is 6.30. The van der Waals surface area contributed by atoms with Gasteiger partial charge in [0.2, 0.25) is 0 Å². The molecule has 152 valence electrons. The summed E-state index contributed by atoms with van der Waals surface area (Å²) in [6.45, 7) is 4.81. The van der Waals surface area contributed by atoms with Crippen LogP contribution in [0.1, 0.15) is 28.6 Å². The average molecular weight is 413 g/mol. The van der Waals surface area contributed by atoms with Gasteiger partial charge in [0.15, 0.2) is 0 Å². The van der Waals surface area contributed by atoms with Crippen molar-refractivity contribution in [1.29, 1.82) is 0 Å². The molecule has 1 aromatic heterocycles. The van der Waals surface area contributed by atoms with Crippen molar-refractivity contribution in [2.75, 3.05) is 13.2 Å². The van der Waals surface area contributed by atoms with E-state index in [-0.39, 0.29) is 6.03 Å². The maximum atomic E-state index is 12.5. The minimum atomic E-state index is -0.396. The summed E-state index contributed by atoms with van der Waals surface area (Å²) in [6, 6.07) is 12.7. The third-order valence-corrected chi connectivity index (χ3v) is 4.82. The van der Waals surface area contributed by atoms with E-state index in [1.807, 2.05) is 55.9 Å². The zero-order valence-corrected chi connectivity index (χ0v) is 17.5. The number of hydrogen-bond donors (Lipinski definition) is 2. The van der Waals surface area contributed by atoms with E-state index < -0.39 is 6.04 Å². The maximum Gasteiger partial charge on any atom is 0.315 e. The van der Waals surface area contributed by atoms with E-state index in [4.69, 9.17) is 16.3 Å². The van der Waals surface area contributed by atoms with Crippen molar-refractivity contribution >= 4 is 17.6 Å². The largest absolute Gasteiger partial charge is 0.491 e. The zero-order chi connectivity index (χ0) is 20.8. The minimum Gasteiger partial charge on any atom is -0.491 e. The quantitative estimate of drug-likeness (QED) is 0.572. The highest BCUT2D eigenvalue weighted by atomic mass is 35.5. The van der Waals surface area contributed by atoms with E-state index in [0.29, 0.717) is 18.2 Å². The summed E-state index contributed by atoms with van der Waals surface area (Å²) in [4.78, 5) is 16.9. The van der Waals surface area contributed by atoms with Crippen LogP contribution < -0.4 is 15.4 Å². The molecule has 0 spiro atoms. The molecule has 1 unspecified atom stereocenters. The summed E-state index contributed by atoms with van der Waals surface area (Å²) >= 11 is 6.00. The Hall–Kier alpha value is -2.99. The molecule has 7 heteroatoms. The van der Waals surface area contributed by atoms with Gasteiger partial charge in [-0.1, -0.05) is 41.4 Å². The van der Waals surface area contributed by atoms with Crippen LogP contribution in [0.2, 0.25) is 5.02 Å². The lowest BCUT2D eigenvalue weighted by atomic mass is 10.1. The molecule has 0 aliphatic carbocycles. The van der Waals surface area contributed by atoms with E-state index in [1.54, 1.807) is 18.3 Å². The van der Waals surface area contributed by atoms with Gasteiger partial charge in [0.25, 0.3) is 0 Å². The molecule has 0 bridgehead atoms. The normalized spacial score (nSPS) is 11.7. The van der Waals surface area contributed by atoms with Crippen LogP contribution in [-0.4, -0.2) is 28.7 Å². The summed E-state index contributed by atoms with van der Waals surface area (Å²) in [7, 11) is 1.89. The van der Waals surface area contributed by atoms with Gasteiger partial charge in [0, 0.05) is 24.5 Å². The van der Waals surface area contributed by atoms with Crippen molar-refractivity contribution in [2.45, 2.75) is 19.9 Å². The second kappa shape index (κ2) is 9.47. The fourth-order valence-electron chi connectivity index (χ4n) is 3.08. The van der Waals surface area contributed by atoms with Crippen LogP contribution in [-0.2, 0) is 7.05 Å². The number of amides is 2. The molecule has 0 aliphatic heterocycles. The maximum absolute atomic E-state index is 12.5. The van der Waals surface area contributed by atoms with Crippen molar-refractivity contribution in [2.24, 2.45) is 7.05 Å². The van der Waals surface area contributed by atoms with Gasteiger partial charge in [-0.25, -0.2) is 9.78 Å². The topological polar surface area (TPSA) is 68.2 Å². The molecule has 3 aromatic rings. The minimum absolute atomic E-state index is 0.294. The van der Waals surface area contributed by atoms with Crippen LogP contribution in [0.3, 0.4) is 0 Å². The van der Waals surface area contributed by atoms with E-state index in [9.17, 15) is 4.79 Å². The van der Waals surface area contributed by atoms with Crippen LogP contribution in [0.25, 0.3) is 0 Å². The lowest BCUT2D eigenvalue weighted by Crippen LogP contribution is -2.40. The van der Waals surface area contributed by atoms with E-state index in [2.05, 4.69) is 21.7 Å². The Balaban J connectivity index is 1.58. The SMILES string of the molecule is Cc1ccc(OCCNC(=O)NC(c2ccc(Cl)cc2)c2nccn2C)c(C)c1. The Bertz CT molecular complexity index is 969. The molecule has 3 rings (SSSR count). The molecule has 2 N–H and O–H groups in total. The lowest BCUT2D eigenvalue weighted by Gasteiger charge is -2.20. The smallest absolute Gasteiger partial charge is 0.315 e. The second-order valence-corrected chi connectivity index (χ2v) is 7.33. The average Bonchev–Trinajstić information content (AvgIpc) is 3.11. The second-order valence-electron chi connectivity index (χ2n) is 6.90. The lowest BCUT2D eigenvalue weighted by molar-refractivity contribution is 0.233. The Labute approximate surface area is 175 Å². The molecule has 1 heterocycles. The van der Waals surface area contributed by atoms with Crippen LogP contribution in [0.4, 0.5) is 4.79 Å². The van der Waals surface area contributed by atoms with Crippen molar-refractivity contribution < 1.29 is 9.53 Å². The predicted molar refractivity (Wildman–Crippen MR) is 114 cm³/mol. The first-order valence-electron chi connectivity index (χ1n) is 9.41. The number of aromatic nitrogens is 2. The Kier molecular flexibility index (Phi) is 6.77. The summed E-state index contributed by atoms with van der Waals surface area (Å²) < 4.78 is 7.64. The molecular weight excluding hydrogens is 388 g/mol. The molecule has 6 nitrogen and oxygen atoms in total. The van der Waals surface area contributed by atoms with Gasteiger partial charge >= 0.3 is 6.03 Å². The first-order valence-corrected chi connectivity index (χ1v) is 9.79. The number of nitrogens with zero attached hydrogens (tertiary/aromatic N) is 2. The van der Waals surface area contributed by atoms with Gasteiger partial charge in [-0.3, -0.25) is 0 Å². The summed E-state index contributed by atoms with van der Waals surface area (Å²) in [5, 5.41) is 6.46. The number of benzene rings is 2. The fraction of sp³-hybridized carbons (Fsp3) is 0.273. The molecule has 2 aromatic carbocycles. The number of halogens is 1. The number of carbonyl (C=O) groups is 1. The number of hydrogen-bond acceptors (Lipinski definition) is 3. The van der Waals surface area contributed by atoms with Crippen molar-refractivity contribution in [3.63, 3.8) is 0 Å². The highest BCUT2D eigenvalue weighted by Crippen LogP contribution is 2.22. The van der Waals surface area contributed by atoms with Crippen LogP contribution >= 0.6 is 11.6 Å². The number of imidazole rings is 1. The Morgan fingerprint density at radius 1 is 1.21 bits per heavy atom. The zero-order valence-electron chi connectivity index (χ0n) is 16.8. The third kappa shape index (κ3) is 5.51. The highest BCUT2D eigenvalue weighted by Gasteiger charge is 2.20. The Morgan fingerprint density at radius 3 is 2.62 bits per heavy atom. The first-order chi connectivity index (χ1) is 13.9. The van der Waals surface area contributed by atoms with Crippen molar-refractivity contribution in [3.05, 3.63) is 82.4 Å². The first kappa shape index (κ1) is 20.7. The molecule has 29 heavy (non-hydrogen) atoms.